The van der Waals surface area contributed by atoms with Gasteiger partial charge in [-0.2, -0.15) is 0 Å². The van der Waals surface area contributed by atoms with Gasteiger partial charge in [0.1, 0.15) is 0 Å². The van der Waals surface area contributed by atoms with Crippen LogP contribution in [0.1, 0.15) is 25.7 Å². The molecule has 1 unspecified atom stereocenters. The molecular formula is C11H15NO4. The minimum Gasteiger partial charge on any atom is -0.381 e. The number of carbonyl (C=O) groups is 3. The number of nitrogens with zero attached hydrogens (tertiary/aromatic N) is 1. The highest BCUT2D eigenvalue weighted by molar-refractivity contribution is 6.01. The number of hydrogen-bond donors (Lipinski definition) is 0. The number of ketones is 1. The fourth-order valence-electron chi connectivity index (χ4n) is 2.05. The molecule has 88 valence electrons. The first-order valence-electron chi connectivity index (χ1n) is 5.62. The summed E-state index contributed by atoms with van der Waals surface area (Å²) in [5.41, 5.74) is 0. The lowest BCUT2D eigenvalue weighted by Crippen LogP contribution is -2.44. The molecule has 5 heteroatoms. The summed E-state index contributed by atoms with van der Waals surface area (Å²) < 4.78 is 5.11. The van der Waals surface area contributed by atoms with E-state index in [4.69, 9.17) is 4.74 Å². The zero-order valence-electron chi connectivity index (χ0n) is 9.11. The Bertz CT molecular complexity index is 304. The number of carbonyl (C=O) groups excluding carboxylic acids is 3. The predicted molar refractivity (Wildman–Crippen MR) is 54.5 cm³/mol. The van der Waals surface area contributed by atoms with Gasteiger partial charge in [-0.25, -0.2) is 0 Å². The number of amides is 2. The number of likely N-dealkylation sites (tertiary alicyclic amines) is 1. The van der Waals surface area contributed by atoms with E-state index >= 15 is 0 Å². The van der Waals surface area contributed by atoms with Crippen molar-refractivity contribution < 1.29 is 19.1 Å². The molecule has 2 amide bonds. The van der Waals surface area contributed by atoms with Crippen molar-refractivity contribution in [3.8, 4) is 0 Å². The molecule has 0 bridgehead atoms. The van der Waals surface area contributed by atoms with E-state index in [0.717, 1.165) is 4.90 Å². The largest absolute Gasteiger partial charge is 0.381 e. The third-order valence-corrected chi connectivity index (χ3v) is 3.08. The third-order valence-electron chi connectivity index (χ3n) is 3.08. The third kappa shape index (κ3) is 2.29. The van der Waals surface area contributed by atoms with E-state index in [9.17, 15) is 14.4 Å². The van der Waals surface area contributed by atoms with Crippen LogP contribution in [0.25, 0.3) is 0 Å². The summed E-state index contributed by atoms with van der Waals surface area (Å²) in [6.07, 6.45) is 2.06. The van der Waals surface area contributed by atoms with Crippen LogP contribution in [-0.4, -0.2) is 42.3 Å². The van der Waals surface area contributed by atoms with Crippen LogP contribution in [0.5, 0.6) is 0 Å². The van der Waals surface area contributed by atoms with E-state index in [0.29, 0.717) is 38.9 Å². The van der Waals surface area contributed by atoms with Crippen molar-refractivity contribution in [1.29, 1.82) is 0 Å². The minimum atomic E-state index is -0.219. The zero-order valence-corrected chi connectivity index (χ0v) is 9.11. The summed E-state index contributed by atoms with van der Waals surface area (Å²) in [5, 5.41) is 0. The van der Waals surface area contributed by atoms with Crippen molar-refractivity contribution in [2.75, 3.05) is 19.8 Å². The second kappa shape index (κ2) is 4.74. The summed E-state index contributed by atoms with van der Waals surface area (Å²) in [6.45, 7) is 0.957. The van der Waals surface area contributed by atoms with E-state index < -0.39 is 0 Å². The Balaban J connectivity index is 1.94. The molecule has 2 heterocycles. The van der Waals surface area contributed by atoms with Crippen LogP contribution in [0.2, 0.25) is 0 Å². The van der Waals surface area contributed by atoms with Gasteiger partial charge in [0.05, 0.1) is 13.2 Å². The number of hydrogen-bond acceptors (Lipinski definition) is 4. The van der Waals surface area contributed by atoms with Crippen molar-refractivity contribution in [3.05, 3.63) is 0 Å². The second-order valence-electron chi connectivity index (χ2n) is 4.25. The van der Waals surface area contributed by atoms with Crippen LogP contribution in [0.4, 0.5) is 0 Å². The first kappa shape index (κ1) is 11.3. The van der Waals surface area contributed by atoms with Gasteiger partial charge >= 0.3 is 0 Å². The molecule has 2 aliphatic heterocycles. The number of Topliss-reactive ketones (excluding diaryl/α,β-unsaturated/α-hetero) is 1. The number of imide groups is 1. The van der Waals surface area contributed by atoms with Crippen molar-refractivity contribution in [1.82, 2.24) is 4.90 Å². The zero-order chi connectivity index (χ0) is 11.5. The lowest BCUT2D eigenvalue weighted by molar-refractivity contribution is -0.151. The molecule has 0 spiro atoms. The van der Waals surface area contributed by atoms with Crippen molar-refractivity contribution in [2.45, 2.75) is 25.7 Å². The van der Waals surface area contributed by atoms with Crippen LogP contribution >= 0.6 is 0 Å². The standard InChI is InChI=1S/C11H15NO4/c13-9(8-4-5-16-7-8)6-12-10(14)2-1-3-11(12)15/h8H,1-7H2. The molecule has 5 nitrogen and oxygen atoms in total. The van der Waals surface area contributed by atoms with Gasteiger partial charge < -0.3 is 4.74 Å². The topological polar surface area (TPSA) is 63.7 Å². The molecule has 0 aromatic rings. The van der Waals surface area contributed by atoms with E-state index in [1.54, 1.807) is 0 Å². The number of ether oxygens (including phenoxy) is 1. The highest BCUT2D eigenvalue weighted by atomic mass is 16.5. The fourth-order valence-corrected chi connectivity index (χ4v) is 2.05. The Hall–Kier alpha value is -1.23. The van der Waals surface area contributed by atoms with Crippen LogP contribution in [0.3, 0.4) is 0 Å². The highest BCUT2D eigenvalue weighted by Gasteiger charge is 2.31. The quantitative estimate of drug-likeness (QED) is 0.640. The Morgan fingerprint density at radius 3 is 2.56 bits per heavy atom. The molecular weight excluding hydrogens is 210 g/mol. The Kier molecular flexibility index (Phi) is 3.33. The maximum atomic E-state index is 11.8. The summed E-state index contributed by atoms with van der Waals surface area (Å²) >= 11 is 0. The average Bonchev–Trinajstić information content (AvgIpc) is 2.76. The van der Waals surface area contributed by atoms with Gasteiger partial charge in [-0.1, -0.05) is 0 Å². The molecule has 0 N–H and O–H groups in total. The van der Waals surface area contributed by atoms with E-state index in [-0.39, 0.29) is 30.1 Å². The molecule has 2 rings (SSSR count). The Labute approximate surface area is 93.7 Å². The normalized spacial score (nSPS) is 26.2. The lowest BCUT2D eigenvalue weighted by atomic mass is 10.0. The van der Waals surface area contributed by atoms with Gasteiger partial charge in [0.15, 0.2) is 5.78 Å². The lowest BCUT2D eigenvalue weighted by Gasteiger charge is -2.24. The van der Waals surface area contributed by atoms with Crippen LogP contribution < -0.4 is 0 Å². The van der Waals surface area contributed by atoms with Gasteiger partial charge in [-0.05, 0) is 12.8 Å². The predicted octanol–water partition coefficient (Wildman–Crippen LogP) is 0.131. The SMILES string of the molecule is O=C(CN1C(=O)CCCC1=O)C1CCOC1. The molecule has 0 radical (unpaired) electrons. The van der Waals surface area contributed by atoms with E-state index in [1.807, 2.05) is 0 Å². The average molecular weight is 225 g/mol. The van der Waals surface area contributed by atoms with Gasteiger partial charge in [0.2, 0.25) is 11.8 Å². The summed E-state index contributed by atoms with van der Waals surface area (Å²) in [4.78, 5) is 35.8. The molecule has 2 fully saturated rings. The first-order chi connectivity index (χ1) is 7.68. The van der Waals surface area contributed by atoms with Crippen LogP contribution in [0, 0.1) is 5.92 Å². The summed E-state index contributed by atoms with van der Waals surface area (Å²) in [5.74, 6) is -0.629. The highest BCUT2D eigenvalue weighted by Crippen LogP contribution is 2.17. The monoisotopic (exact) mass is 225 g/mol. The van der Waals surface area contributed by atoms with Crippen molar-refractivity contribution >= 4 is 17.6 Å². The van der Waals surface area contributed by atoms with Crippen LogP contribution in [-0.2, 0) is 19.1 Å². The maximum absolute atomic E-state index is 11.8. The molecule has 0 aromatic carbocycles. The summed E-state index contributed by atoms with van der Waals surface area (Å²) in [6, 6.07) is 0. The first-order valence-corrected chi connectivity index (χ1v) is 5.62. The van der Waals surface area contributed by atoms with Gasteiger partial charge in [-0.15, -0.1) is 0 Å². The molecule has 0 aromatic heterocycles. The number of rotatable bonds is 3. The maximum Gasteiger partial charge on any atom is 0.229 e. The summed E-state index contributed by atoms with van der Waals surface area (Å²) in [7, 11) is 0. The van der Waals surface area contributed by atoms with Gasteiger partial charge in [-0.3, -0.25) is 19.3 Å². The van der Waals surface area contributed by atoms with Crippen LogP contribution in [0.15, 0.2) is 0 Å². The van der Waals surface area contributed by atoms with E-state index in [1.165, 1.54) is 0 Å². The second-order valence-corrected chi connectivity index (χ2v) is 4.25. The van der Waals surface area contributed by atoms with Crippen molar-refractivity contribution in [2.24, 2.45) is 5.92 Å². The number of piperidine rings is 1. The van der Waals surface area contributed by atoms with Gasteiger partial charge in [0.25, 0.3) is 0 Å². The smallest absolute Gasteiger partial charge is 0.229 e. The minimum absolute atomic E-state index is 0.0545. The fraction of sp³-hybridized carbons (Fsp3) is 0.727. The van der Waals surface area contributed by atoms with Gasteiger partial charge in [0, 0.05) is 25.4 Å². The molecule has 16 heavy (non-hydrogen) atoms. The Morgan fingerprint density at radius 2 is 2.00 bits per heavy atom. The molecule has 1 atom stereocenters. The van der Waals surface area contributed by atoms with E-state index in [2.05, 4.69) is 0 Å². The molecule has 0 aliphatic carbocycles. The Morgan fingerprint density at radius 1 is 1.31 bits per heavy atom. The molecule has 0 saturated carbocycles. The molecule has 2 aliphatic rings. The van der Waals surface area contributed by atoms with Crippen molar-refractivity contribution in [3.63, 3.8) is 0 Å². The molecule has 2 saturated heterocycles.